The summed E-state index contributed by atoms with van der Waals surface area (Å²) < 4.78 is 43.6. The van der Waals surface area contributed by atoms with E-state index >= 15 is 0 Å². The fraction of sp³-hybridized carbons (Fsp3) is 0.0909. The smallest absolute Gasteiger partial charge is 0.417 e. The second kappa shape index (κ2) is 3.97. The minimum atomic E-state index is -4.40. The van der Waals surface area contributed by atoms with Gasteiger partial charge in [0.1, 0.15) is 5.76 Å². The molecule has 0 spiro atoms. The van der Waals surface area contributed by atoms with Gasteiger partial charge in [0.05, 0.1) is 11.8 Å². The van der Waals surface area contributed by atoms with Crippen LogP contribution in [0.2, 0.25) is 0 Å². The summed E-state index contributed by atoms with van der Waals surface area (Å²) in [5, 5.41) is 0. The summed E-state index contributed by atoms with van der Waals surface area (Å²) >= 11 is 3.02. The summed E-state index contributed by atoms with van der Waals surface area (Å²) in [7, 11) is 0. The Morgan fingerprint density at radius 1 is 1.12 bits per heavy atom. The Labute approximate surface area is 98.0 Å². The lowest BCUT2D eigenvalue weighted by atomic mass is 10.1. The van der Waals surface area contributed by atoms with Gasteiger partial charge in [0, 0.05) is 10.0 Å². The molecule has 0 atom stereocenters. The number of furan rings is 1. The van der Waals surface area contributed by atoms with Gasteiger partial charge in [-0.15, -0.1) is 0 Å². The molecular weight excluding hydrogens is 285 g/mol. The molecule has 0 saturated carbocycles. The molecule has 2 aromatic rings. The van der Waals surface area contributed by atoms with Gasteiger partial charge in [0.25, 0.3) is 0 Å². The topological polar surface area (TPSA) is 13.1 Å². The van der Waals surface area contributed by atoms with Gasteiger partial charge in [-0.1, -0.05) is 15.9 Å². The maximum atomic E-state index is 12.8. The van der Waals surface area contributed by atoms with Crippen molar-refractivity contribution in [1.29, 1.82) is 0 Å². The molecule has 0 radical (unpaired) electrons. The van der Waals surface area contributed by atoms with Crippen LogP contribution in [-0.2, 0) is 6.18 Å². The molecule has 0 aliphatic heterocycles. The lowest BCUT2D eigenvalue weighted by Crippen LogP contribution is -2.06. The highest BCUT2D eigenvalue weighted by Crippen LogP contribution is 2.38. The zero-order valence-corrected chi connectivity index (χ0v) is 9.47. The molecule has 1 aromatic carbocycles. The highest BCUT2D eigenvalue weighted by atomic mass is 79.9. The molecule has 0 aliphatic rings. The standard InChI is InChI=1S/C11H6BrF3O/c12-7-3-4-8(10-2-1-5-16-10)9(6-7)11(13,14)15/h1-6H. The first kappa shape index (κ1) is 11.3. The Bertz CT molecular complexity index is 488. The molecule has 0 fully saturated rings. The van der Waals surface area contributed by atoms with Crippen molar-refractivity contribution in [2.75, 3.05) is 0 Å². The molecular formula is C11H6BrF3O. The Morgan fingerprint density at radius 2 is 1.88 bits per heavy atom. The van der Waals surface area contributed by atoms with Crippen molar-refractivity contribution < 1.29 is 17.6 Å². The molecule has 84 valence electrons. The van der Waals surface area contributed by atoms with Crippen molar-refractivity contribution in [2.45, 2.75) is 6.18 Å². The molecule has 5 heteroatoms. The molecule has 0 N–H and O–H groups in total. The predicted molar refractivity (Wildman–Crippen MR) is 56.8 cm³/mol. The number of hydrogen-bond acceptors (Lipinski definition) is 1. The van der Waals surface area contributed by atoms with Crippen LogP contribution in [0.1, 0.15) is 5.56 Å². The van der Waals surface area contributed by atoms with E-state index in [0.717, 1.165) is 6.07 Å². The van der Waals surface area contributed by atoms with E-state index in [-0.39, 0.29) is 11.3 Å². The van der Waals surface area contributed by atoms with E-state index < -0.39 is 11.7 Å². The molecule has 16 heavy (non-hydrogen) atoms. The Morgan fingerprint density at radius 3 is 2.44 bits per heavy atom. The number of rotatable bonds is 1. The van der Waals surface area contributed by atoms with Crippen molar-refractivity contribution in [3.05, 3.63) is 46.6 Å². The minimum Gasteiger partial charge on any atom is -0.464 e. The van der Waals surface area contributed by atoms with Gasteiger partial charge in [-0.3, -0.25) is 0 Å². The first-order chi connectivity index (χ1) is 7.48. The lowest BCUT2D eigenvalue weighted by Gasteiger charge is -2.11. The number of alkyl halides is 3. The summed E-state index contributed by atoms with van der Waals surface area (Å²) in [6.07, 6.45) is -3.05. The van der Waals surface area contributed by atoms with Crippen molar-refractivity contribution in [3.8, 4) is 11.3 Å². The van der Waals surface area contributed by atoms with Crippen molar-refractivity contribution in [2.24, 2.45) is 0 Å². The van der Waals surface area contributed by atoms with E-state index in [1.54, 1.807) is 12.1 Å². The third kappa shape index (κ3) is 2.14. The molecule has 1 nitrogen and oxygen atoms in total. The molecule has 2 rings (SSSR count). The van der Waals surface area contributed by atoms with Gasteiger partial charge < -0.3 is 4.42 Å². The molecule has 0 saturated heterocycles. The van der Waals surface area contributed by atoms with Crippen LogP contribution in [-0.4, -0.2) is 0 Å². The first-order valence-corrected chi connectivity index (χ1v) is 5.18. The van der Waals surface area contributed by atoms with Crippen molar-refractivity contribution >= 4 is 15.9 Å². The average molecular weight is 291 g/mol. The van der Waals surface area contributed by atoms with Crippen LogP contribution in [0, 0.1) is 0 Å². The maximum Gasteiger partial charge on any atom is 0.417 e. The summed E-state index contributed by atoms with van der Waals surface area (Å²) in [6, 6.07) is 7.02. The third-order valence-electron chi connectivity index (χ3n) is 2.07. The molecule has 1 aromatic heterocycles. The summed E-state index contributed by atoms with van der Waals surface area (Å²) in [5.74, 6) is 0.208. The van der Waals surface area contributed by atoms with Crippen LogP contribution in [0.25, 0.3) is 11.3 Å². The molecule has 0 unspecified atom stereocenters. The zero-order valence-electron chi connectivity index (χ0n) is 7.88. The zero-order chi connectivity index (χ0) is 11.8. The summed E-state index contributed by atoms with van der Waals surface area (Å²) in [5.41, 5.74) is -0.669. The van der Waals surface area contributed by atoms with Crippen LogP contribution in [0.5, 0.6) is 0 Å². The summed E-state index contributed by atoms with van der Waals surface area (Å²) in [4.78, 5) is 0. The highest BCUT2D eigenvalue weighted by molar-refractivity contribution is 9.10. The van der Waals surface area contributed by atoms with Crippen LogP contribution >= 0.6 is 15.9 Å². The van der Waals surface area contributed by atoms with Gasteiger partial charge >= 0.3 is 6.18 Å². The van der Waals surface area contributed by atoms with Gasteiger partial charge in [0.2, 0.25) is 0 Å². The van der Waals surface area contributed by atoms with E-state index in [1.165, 1.54) is 18.4 Å². The number of halogens is 4. The predicted octanol–water partition coefficient (Wildman–Crippen LogP) is 4.73. The van der Waals surface area contributed by atoms with Crippen LogP contribution < -0.4 is 0 Å². The van der Waals surface area contributed by atoms with Gasteiger partial charge in [-0.2, -0.15) is 13.2 Å². The highest BCUT2D eigenvalue weighted by Gasteiger charge is 2.34. The molecule has 0 amide bonds. The average Bonchev–Trinajstić information content (AvgIpc) is 2.69. The third-order valence-corrected chi connectivity index (χ3v) is 2.57. The van der Waals surface area contributed by atoms with E-state index in [9.17, 15) is 13.2 Å². The Hall–Kier alpha value is -1.23. The molecule has 0 aliphatic carbocycles. The fourth-order valence-corrected chi connectivity index (χ4v) is 1.76. The quantitative estimate of drug-likeness (QED) is 0.740. The van der Waals surface area contributed by atoms with E-state index in [4.69, 9.17) is 4.42 Å². The maximum absolute atomic E-state index is 12.8. The fourth-order valence-electron chi connectivity index (χ4n) is 1.40. The number of benzene rings is 1. The lowest BCUT2D eigenvalue weighted by molar-refractivity contribution is -0.137. The van der Waals surface area contributed by atoms with Crippen LogP contribution in [0.4, 0.5) is 13.2 Å². The van der Waals surface area contributed by atoms with E-state index in [0.29, 0.717) is 4.47 Å². The van der Waals surface area contributed by atoms with Gasteiger partial charge in [-0.05, 0) is 30.3 Å². The van der Waals surface area contributed by atoms with Crippen molar-refractivity contribution in [1.82, 2.24) is 0 Å². The number of hydrogen-bond donors (Lipinski definition) is 0. The summed E-state index contributed by atoms with van der Waals surface area (Å²) in [6.45, 7) is 0. The Balaban J connectivity index is 2.62. The molecule has 1 heterocycles. The largest absolute Gasteiger partial charge is 0.464 e. The second-order valence-corrected chi connectivity index (χ2v) is 4.08. The van der Waals surface area contributed by atoms with E-state index in [2.05, 4.69) is 15.9 Å². The van der Waals surface area contributed by atoms with E-state index in [1.807, 2.05) is 0 Å². The van der Waals surface area contributed by atoms with Crippen molar-refractivity contribution in [3.63, 3.8) is 0 Å². The second-order valence-electron chi connectivity index (χ2n) is 3.16. The SMILES string of the molecule is FC(F)(F)c1cc(Br)ccc1-c1ccco1. The van der Waals surface area contributed by atoms with Crippen LogP contribution in [0.15, 0.2) is 45.5 Å². The first-order valence-electron chi connectivity index (χ1n) is 4.39. The van der Waals surface area contributed by atoms with Gasteiger partial charge in [0.15, 0.2) is 0 Å². The molecule has 0 bridgehead atoms. The minimum absolute atomic E-state index is 0.0423. The Kier molecular flexibility index (Phi) is 2.80. The normalized spacial score (nSPS) is 11.8. The monoisotopic (exact) mass is 290 g/mol. The van der Waals surface area contributed by atoms with Gasteiger partial charge in [-0.25, -0.2) is 0 Å². The van der Waals surface area contributed by atoms with Crippen LogP contribution in [0.3, 0.4) is 0 Å².